The molecule has 0 spiro atoms. The summed E-state index contributed by atoms with van der Waals surface area (Å²) in [4.78, 5) is 2.52. The molecule has 1 aromatic heterocycles. The van der Waals surface area contributed by atoms with Gasteiger partial charge < -0.3 is 14.6 Å². The van der Waals surface area contributed by atoms with Crippen molar-refractivity contribution in [2.45, 2.75) is 63.6 Å². The molecule has 0 amide bonds. The van der Waals surface area contributed by atoms with Crippen LogP contribution in [-0.2, 0) is 13.0 Å². The molecular formula is C16H26N2O. The van der Waals surface area contributed by atoms with E-state index in [2.05, 4.69) is 28.9 Å². The number of likely N-dealkylation sites (tertiary alicyclic amines) is 1. The second-order valence-corrected chi connectivity index (χ2v) is 6.30. The minimum Gasteiger partial charge on any atom is -0.388 e. The zero-order valence-electron chi connectivity index (χ0n) is 12.0. The molecule has 1 saturated heterocycles. The van der Waals surface area contributed by atoms with Gasteiger partial charge in [0.1, 0.15) is 0 Å². The molecule has 19 heavy (non-hydrogen) atoms. The summed E-state index contributed by atoms with van der Waals surface area (Å²) >= 11 is 0. The Morgan fingerprint density at radius 2 is 2.11 bits per heavy atom. The first-order chi connectivity index (χ1) is 9.24. The van der Waals surface area contributed by atoms with E-state index in [0.717, 1.165) is 31.8 Å². The number of piperidine rings is 1. The van der Waals surface area contributed by atoms with Gasteiger partial charge in [-0.15, -0.1) is 0 Å². The topological polar surface area (TPSA) is 28.4 Å². The average molecular weight is 262 g/mol. The van der Waals surface area contributed by atoms with Gasteiger partial charge in [-0.1, -0.05) is 6.42 Å². The molecule has 1 aromatic rings. The molecule has 2 heterocycles. The van der Waals surface area contributed by atoms with Gasteiger partial charge in [0.05, 0.1) is 6.10 Å². The van der Waals surface area contributed by atoms with E-state index >= 15 is 0 Å². The van der Waals surface area contributed by atoms with Crippen LogP contribution in [0.5, 0.6) is 0 Å². The summed E-state index contributed by atoms with van der Waals surface area (Å²) in [7, 11) is 2.26. The lowest BCUT2D eigenvalue weighted by Crippen LogP contribution is -2.36. The largest absolute Gasteiger partial charge is 0.388 e. The van der Waals surface area contributed by atoms with E-state index in [1.807, 2.05) is 0 Å². The lowest BCUT2D eigenvalue weighted by Gasteiger charge is -2.32. The van der Waals surface area contributed by atoms with Gasteiger partial charge in [-0.25, -0.2) is 0 Å². The number of rotatable bonds is 3. The third-order valence-electron chi connectivity index (χ3n) is 4.92. The Kier molecular flexibility index (Phi) is 3.94. The molecule has 1 aliphatic carbocycles. The molecule has 2 aliphatic rings. The van der Waals surface area contributed by atoms with Crippen molar-refractivity contribution in [1.82, 2.24) is 9.47 Å². The molecule has 3 rings (SSSR count). The number of hydrogen-bond acceptors (Lipinski definition) is 2. The first kappa shape index (κ1) is 13.2. The van der Waals surface area contributed by atoms with Crippen molar-refractivity contribution in [3.8, 4) is 0 Å². The molecule has 0 bridgehead atoms. The number of hydrogen-bond donors (Lipinski definition) is 1. The molecule has 0 saturated carbocycles. The van der Waals surface area contributed by atoms with Crippen molar-refractivity contribution >= 4 is 0 Å². The van der Waals surface area contributed by atoms with Crippen LogP contribution in [0.25, 0.3) is 0 Å². The Labute approximate surface area is 116 Å². The maximum Gasteiger partial charge on any atom is 0.0807 e. The lowest BCUT2D eigenvalue weighted by atomic mass is 9.93. The minimum absolute atomic E-state index is 0.220. The predicted molar refractivity (Wildman–Crippen MR) is 77.2 cm³/mol. The van der Waals surface area contributed by atoms with Gasteiger partial charge in [0.25, 0.3) is 0 Å². The smallest absolute Gasteiger partial charge is 0.0807 e. The predicted octanol–water partition coefficient (Wildman–Crippen LogP) is 2.73. The van der Waals surface area contributed by atoms with Crippen LogP contribution in [0.15, 0.2) is 12.4 Å². The summed E-state index contributed by atoms with van der Waals surface area (Å²) in [5.41, 5.74) is 2.55. The highest BCUT2D eigenvalue weighted by molar-refractivity contribution is 5.28. The fourth-order valence-electron chi connectivity index (χ4n) is 3.66. The van der Waals surface area contributed by atoms with Gasteiger partial charge in [0, 0.05) is 30.5 Å². The van der Waals surface area contributed by atoms with Crippen LogP contribution in [0.2, 0.25) is 0 Å². The summed E-state index contributed by atoms with van der Waals surface area (Å²) in [5.74, 6) is 0. The quantitative estimate of drug-likeness (QED) is 0.907. The third kappa shape index (κ3) is 2.87. The van der Waals surface area contributed by atoms with Gasteiger partial charge in [0.2, 0.25) is 0 Å². The van der Waals surface area contributed by atoms with Crippen LogP contribution in [-0.4, -0.2) is 34.2 Å². The summed E-state index contributed by atoms with van der Waals surface area (Å²) < 4.78 is 2.31. The van der Waals surface area contributed by atoms with Crippen LogP contribution in [0.4, 0.5) is 0 Å². The Balaban J connectivity index is 1.61. The van der Waals surface area contributed by atoms with E-state index in [-0.39, 0.29) is 6.10 Å². The number of aliphatic hydroxyl groups is 1. The molecule has 0 aromatic carbocycles. The maximum absolute atomic E-state index is 10.0. The highest BCUT2D eigenvalue weighted by Crippen LogP contribution is 2.30. The molecule has 1 fully saturated rings. The van der Waals surface area contributed by atoms with Gasteiger partial charge >= 0.3 is 0 Å². The average Bonchev–Trinajstić information content (AvgIpc) is 2.82. The van der Waals surface area contributed by atoms with Crippen LogP contribution in [0, 0.1) is 0 Å². The summed E-state index contributed by atoms with van der Waals surface area (Å²) in [6.07, 6.45) is 12.8. The highest BCUT2D eigenvalue weighted by atomic mass is 16.3. The Bertz CT molecular complexity index is 426. The van der Waals surface area contributed by atoms with Crippen molar-refractivity contribution in [3.05, 3.63) is 23.5 Å². The number of aryl methyl sites for hydroxylation is 2. The zero-order valence-corrected chi connectivity index (χ0v) is 12.0. The molecule has 0 radical (unpaired) electrons. The second kappa shape index (κ2) is 5.68. The standard InChI is InChI=1S/C16H26N2O/c1-17-9-3-2-6-14(17)8-10-18-11-13-5-4-7-16(19)15(13)12-18/h11-12,14,16,19H,2-10H2,1H3. The van der Waals surface area contributed by atoms with Crippen molar-refractivity contribution in [1.29, 1.82) is 0 Å². The number of fused-ring (bicyclic) bond motifs is 1. The van der Waals surface area contributed by atoms with E-state index in [4.69, 9.17) is 0 Å². The third-order valence-corrected chi connectivity index (χ3v) is 4.92. The maximum atomic E-state index is 10.0. The summed E-state index contributed by atoms with van der Waals surface area (Å²) in [5, 5.41) is 10.0. The van der Waals surface area contributed by atoms with Gasteiger partial charge in [-0.05, 0) is 57.7 Å². The molecule has 2 atom stereocenters. The number of nitrogens with zero attached hydrogens (tertiary/aromatic N) is 2. The first-order valence-electron chi connectivity index (χ1n) is 7.81. The van der Waals surface area contributed by atoms with Crippen LogP contribution in [0.1, 0.15) is 55.8 Å². The van der Waals surface area contributed by atoms with Crippen molar-refractivity contribution in [2.75, 3.05) is 13.6 Å². The van der Waals surface area contributed by atoms with E-state index < -0.39 is 0 Å². The van der Waals surface area contributed by atoms with Crippen LogP contribution in [0.3, 0.4) is 0 Å². The second-order valence-electron chi connectivity index (χ2n) is 6.30. The first-order valence-corrected chi connectivity index (χ1v) is 7.81. The Hall–Kier alpha value is -0.800. The monoisotopic (exact) mass is 262 g/mol. The Morgan fingerprint density at radius 1 is 1.21 bits per heavy atom. The molecule has 3 nitrogen and oxygen atoms in total. The van der Waals surface area contributed by atoms with Gasteiger partial charge in [-0.2, -0.15) is 0 Å². The molecule has 106 valence electrons. The van der Waals surface area contributed by atoms with E-state index in [1.165, 1.54) is 43.4 Å². The number of aromatic nitrogens is 1. The molecule has 1 aliphatic heterocycles. The molecule has 1 N–H and O–H groups in total. The number of aliphatic hydroxyl groups excluding tert-OH is 1. The molecule has 3 heteroatoms. The Morgan fingerprint density at radius 3 is 2.89 bits per heavy atom. The summed E-state index contributed by atoms with van der Waals surface area (Å²) in [6, 6.07) is 0.748. The minimum atomic E-state index is -0.220. The fourth-order valence-corrected chi connectivity index (χ4v) is 3.66. The highest BCUT2D eigenvalue weighted by Gasteiger charge is 2.21. The van der Waals surface area contributed by atoms with Gasteiger partial charge in [0.15, 0.2) is 0 Å². The normalized spacial score (nSPS) is 28.3. The molecular weight excluding hydrogens is 236 g/mol. The van der Waals surface area contributed by atoms with E-state index in [0.29, 0.717) is 0 Å². The van der Waals surface area contributed by atoms with Crippen molar-refractivity contribution < 1.29 is 5.11 Å². The van der Waals surface area contributed by atoms with Crippen molar-refractivity contribution in [3.63, 3.8) is 0 Å². The van der Waals surface area contributed by atoms with E-state index in [1.54, 1.807) is 0 Å². The SMILES string of the molecule is CN1CCCCC1CCn1cc2c(c1)C(O)CCC2. The summed E-state index contributed by atoms with van der Waals surface area (Å²) in [6.45, 7) is 2.35. The van der Waals surface area contributed by atoms with Crippen LogP contribution < -0.4 is 0 Å². The lowest BCUT2D eigenvalue weighted by molar-refractivity contribution is 0.156. The van der Waals surface area contributed by atoms with E-state index in [9.17, 15) is 5.11 Å². The van der Waals surface area contributed by atoms with Crippen molar-refractivity contribution in [2.24, 2.45) is 0 Å². The van der Waals surface area contributed by atoms with Gasteiger partial charge in [-0.3, -0.25) is 0 Å². The fraction of sp³-hybridized carbons (Fsp3) is 0.750. The van der Waals surface area contributed by atoms with Crippen LogP contribution >= 0.6 is 0 Å². The molecule has 2 unspecified atom stereocenters. The zero-order chi connectivity index (χ0) is 13.2.